The Kier molecular flexibility index (Phi) is 5.80. The van der Waals surface area contributed by atoms with Gasteiger partial charge in [0.15, 0.2) is 0 Å². The van der Waals surface area contributed by atoms with E-state index in [0.717, 1.165) is 0 Å². The van der Waals surface area contributed by atoms with E-state index < -0.39 is 11.9 Å². The Hall–Kier alpha value is -4.25. The van der Waals surface area contributed by atoms with Gasteiger partial charge in [-0.25, -0.2) is 14.8 Å². The highest BCUT2D eigenvalue weighted by Crippen LogP contribution is 2.21. The number of carbonyl (C=O) groups excluding carboxylic acids is 2. The van der Waals surface area contributed by atoms with Crippen molar-refractivity contribution in [2.24, 2.45) is 0 Å². The molecule has 1 heterocycles. The van der Waals surface area contributed by atoms with Crippen LogP contribution in [0.2, 0.25) is 0 Å². The van der Waals surface area contributed by atoms with E-state index in [2.05, 4.69) is 20.6 Å². The summed E-state index contributed by atoms with van der Waals surface area (Å²) in [5.41, 5.74) is 1.67. The van der Waals surface area contributed by atoms with Gasteiger partial charge in [0.1, 0.15) is 23.4 Å². The number of rotatable bonds is 5. The van der Waals surface area contributed by atoms with E-state index in [9.17, 15) is 14.9 Å². The molecule has 1 amide bonds. The normalized spacial score (nSPS) is 9.97. The molecular formula is C21H17N5O3. The summed E-state index contributed by atoms with van der Waals surface area (Å²) in [6.07, 6.45) is 0. The number of aryl methyl sites for hydroxylation is 1. The number of amides is 1. The average molecular weight is 387 g/mol. The first-order valence-corrected chi connectivity index (χ1v) is 8.62. The second-order valence-electron chi connectivity index (χ2n) is 5.96. The fourth-order valence-corrected chi connectivity index (χ4v) is 2.64. The first-order chi connectivity index (χ1) is 14.0. The zero-order chi connectivity index (χ0) is 20.8. The van der Waals surface area contributed by atoms with Gasteiger partial charge in [-0.3, -0.25) is 4.79 Å². The molecule has 144 valence electrons. The summed E-state index contributed by atoms with van der Waals surface area (Å²) >= 11 is 0. The Morgan fingerprint density at radius 2 is 1.72 bits per heavy atom. The van der Waals surface area contributed by atoms with Crippen molar-refractivity contribution in [1.29, 1.82) is 5.26 Å². The van der Waals surface area contributed by atoms with Crippen molar-refractivity contribution in [3.63, 3.8) is 0 Å². The van der Waals surface area contributed by atoms with E-state index in [-0.39, 0.29) is 5.69 Å². The Labute approximate surface area is 167 Å². The molecule has 0 spiro atoms. The minimum absolute atomic E-state index is 0.114. The van der Waals surface area contributed by atoms with E-state index in [4.69, 9.17) is 4.74 Å². The van der Waals surface area contributed by atoms with Gasteiger partial charge in [0, 0.05) is 6.07 Å². The summed E-state index contributed by atoms with van der Waals surface area (Å²) in [6, 6.07) is 17.0. The van der Waals surface area contributed by atoms with Gasteiger partial charge in [-0.05, 0) is 31.2 Å². The number of para-hydroxylation sites is 2. The third-order valence-corrected chi connectivity index (χ3v) is 3.96. The summed E-state index contributed by atoms with van der Waals surface area (Å²) in [4.78, 5) is 33.0. The van der Waals surface area contributed by atoms with Crippen molar-refractivity contribution in [3.05, 3.63) is 77.2 Å². The Balaban J connectivity index is 1.88. The number of carbonyl (C=O) groups is 2. The molecule has 2 N–H and O–H groups in total. The van der Waals surface area contributed by atoms with Crippen LogP contribution in [-0.4, -0.2) is 29.0 Å². The summed E-state index contributed by atoms with van der Waals surface area (Å²) in [7, 11) is 1.30. The van der Waals surface area contributed by atoms with Crippen LogP contribution in [0.1, 0.15) is 32.2 Å². The molecule has 2 aromatic carbocycles. The number of hydrogen-bond acceptors (Lipinski definition) is 7. The Bertz CT molecular complexity index is 1120. The van der Waals surface area contributed by atoms with Gasteiger partial charge in [0.2, 0.25) is 0 Å². The number of anilines is 3. The molecule has 1 aromatic heterocycles. The average Bonchev–Trinajstić information content (AvgIpc) is 2.73. The standard InChI is InChI=1S/C21H17N5O3/c1-13-23-18(20(27)26-16-9-5-3-7-14(16)12-22)11-19(24-13)25-17-10-6-4-8-15(17)21(28)29-2/h3-11H,1-2H3,(H,26,27)(H,23,24,25). The van der Waals surface area contributed by atoms with Crippen LogP contribution in [0.5, 0.6) is 0 Å². The molecule has 0 saturated carbocycles. The highest BCUT2D eigenvalue weighted by Gasteiger charge is 2.15. The largest absolute Gasteiger partial charge is 0.465 e. The van der Waals surface area contributed by atoms with Crippen LogP contribution in [0, 0.1) is 18.3 Å². The number of ether oxygens (including phenoxy) is 1. The Morgan fingerprint density at radius 1 is 1.03 bits per heavy atom. The van der Waals surface area contributed by atoms with Crippen LogP contribution in [0.25, 0.3) is 0 Å². The number of nitrogens with zero attached hydrogens (tertiary/aromatic N) is 3. The summed E-state index contributed by atoms with van der Waals surface area (Å²) in [5, 5.41) is 14.9. The van der Waals surface area contributed by atoms with Crippen molar-refractivity contribution in [2.75, 3.05) is 17.7 Å². The number of hydrogen-bond donors (Lipinski definition) is 2. The zero-order valence-corrected chi connectivity index (χ0v) is 15.8. The maximum atomic E-state index is 12.6. The van der Waals surface area contributed by atoms with Gasteiger partial charge in [0.25, 0.3) is 5.91 Å². The Morgan fingerprint density at radius 3 is 2.45 bits per heavy atom. The van der Waals surface area contributed by atoms with E-state index in [1.165, 1.54) is 13.2 Å². The predicted octanol–water partition coefficient (Wildman–Crippen LogP) is 3.44. The molecule has 3 rings (SSSR count). The number of methoxy groups -OCH3 is 1. The van der Waals surface area contributed by atoms with E-state index in [0.29, 0.717) is 34.1 Å². The lowest BCUT2D eigenvalue weighted by Gasteiger charge is -2.12. The maximum absolute atomic E-state index is 12.6. The van der Waals surface area contributed by atoms with Crippen LogP contribution in [-0.2, 0) is 4.74 Å². The van der Waals surface area contributed by atoms with Gasteiger partial charge in [-0.15, -0.1) is 0 Å². The molecule has 0 aliphatic rings. The summed E-state index contributed by atoms with van der Waals surface area (Å²) in [5.74, 6) is -0.274. The van der Waals surface area contributed by atoms with Gasteiger partial charge >= 0.3 is 5.97 Å². The minimum Gasteiger partial charge on any atom is -0.465 e. The topological polar surface area (TPSA) is 117 Å². The molecular weight excluding hydrogens is 370 g/mol. The minimum atomic E-state index is -0.495. The second kappa shape index (κ2) is 8.63. The highest BCUT2D eigenvalue weighted by molar-refractivity contribution is 6.04. The number of nitrogens with one attached hydrogen (secondary N) is 2. The molecule has 0 unspecified atom stereocenters. The van der Waals surface area contributed by atoms with Gasteiger partial charge in [-0.2, -0.15) is 5.26 Å². The fraction of sp³-hybridized carbons (Fsp3) is 0.0952. The SMILES string of the molecule is COC(=O)c1ccccc1Nc1cc(C(=O)Nc2ccccc2C#N)nc(C)n1. The van der Waals surface area contributed by atoms with Gasteiger partial charge in [-0.1, -0.05) is 24.3 Å². The fourth-order valence-electron chi connectivity index (χ4n) is 2.64. The third-order valence-electron chi connectivity index (χ3n) is 3.96. The van der Waals surface area contributed by atoms with Crippen LogP contribution in [0.4, 0.5) is 17.2 Å². The lowest BCUT2D eigenvalue weighted by molar-refractivity contribution is 0.0601. The van der Waals surface area contributed by atoms with Gasteiger partial charge in [0.05, 0.1) is 29.6 Å². The van der Waals surface area contributed by atoms with Crippen molar-refractivity contribution in [2.45, 2.75) is 6.92 Å². The molecule has 0 saturated heterocycles. The zero-order valence-electron chi connectivity index (χ0n) is 15.8. The lowest BCUT2D eigenvalue weighted by Crippen LogP contribution is -2.16. The molecule has 0 aliphatic carbocycles. The number of aromatic nitrogens is 2. The number of nitriles is 1. The molecule has 0 aliphatic heterocycles. The first kappa shape index (κ1) is 19.5. The second-order valence-corrected chi connectivity index (χ2v) is 5.96. The maximum Gasteiger partial charge on any atom is 0.339 e. The van der Waals surface area contributed by atoms with E-state index in [1.54, 1.807) is 55.5 Å². The molecule has 8 heteroatoms. The molecule has 0 radical (unpaired) electrons. The molecule has 3 aromatic rings. The molecule has 0 bridgehead atoms. The molecule has 29 heavy (non-hydrogen) atoms. The van der Waals surface area contributed by atoms with E-state index in [1.807, 2.05) is 6.07 Å². The highest BCUT2D eigenvalue weighted by atomic mass is 16.5. The quantitative estimate of drug-likeness (QED) is 0.644. The molecule has 0 fully saturated rings. The first-order valence-electron chi connectivity index (χ1n) is 8.62. The smallest absolute Gasteiger partial charge is 0.339 e. The molecule has 0 atom stereocenters. The molecule has 8 nitrogen and oxygen atoms in total. The summed E-state index contributed by atoms with van der Waals surface area (Å²) in [6.45, 7) is 1.65. The van der Waals surface area contributed by atoms with Crippen molar-refractivity contribution >= 4 is 29.1 Å². The van der Waals surface area contributed by atoms with Crippen molar-refractivity contribution in [3.8, 4) is 6.07 Å². The number of esters is 1. The van der Waals surface area contributed by atoms with Crippen molar-refractivity contribution in [1.82, 2.24) is 9.97 Å². The van der Waals surface area contributed by atoms with Crippen molar-refractivity contribution < 1.29 is 14.3 Å². The van der Waals surface area contributed by atoms with Gasteiger partial charge < -0.3 is 15.4 Å². The number of benzene rings is 2. The summed E-state index contributed by atoms with van der Waals surface area (Å²) < 4.78 is 4.79. The van der Waals surface area contributed by atoms with Crippen LogP contribution >= 0.6 is 0 Å². The van der Waals surface area contributed by atoms with Crippen LogP contribution in [0.15, 0.2) is 54.6 Å². The van der Waals surface area contributed by atoms with E-state index >= 15 is 0 Å². The van der Waals surface area contributed by atoms with Crippen LogP contribution < -0.4 is 10.6 Å². The third kappa shape index (κ3) is 4.54. The van der Waals surface area contributed by atoms with Crippen LogP contribution in [0.3, 0.4) is 0 Å². The monoisotopic (exact) mass is 387 g/mol. The predicted molar refractivity (Wildman–Crippen MR) is 107 cm³/mol. The lowest BCUT2D eigenvalue weighted by atomic mass is 10.1.